The van der Waals surface area contributed by atoms with E-state index in [1.54, 1.807) is 12.3 Å². The van der Waals surface area contributed by atoms with Gasteiger partial charge in [-0.3, -0.25) is 0 Å². The number of nitrogen functional groups attached to an aromatic ring is 1. The third-order valence-corrected chi connectivity index (χ3v) is 3.69. The summed E-state index contributed by atoms with van der Waals surface area (Å²) in [7, 11) is 0. The molecule has 0 amide bonds. The van der Waals surface area contributed by atoms with Crippen LogP contribution in [0.4, 0.5) is 17.2 Å². The van der Waals surface area contributed by atoms with Gasteiger partial charge in [0.1, 0.15) is 11.0 Å². The molecule has 3 N–H and O–H groups in total. The van der Waals surface area contributed by atoms with E-state index in [0.717, 1.165) is 28.3 Å². The highest BCUT2D eigenvalue weighted by Crippen LogP contribution is 2.33. The minimum Gasteiger partial charge on any atom is -0.396 e. The molecule has 1 aromatic carbocycles. The lowest BCUT2D eigenvalue weighted by Gasteiger charge is -2.11. The number of aryl methyl sites for hydroxylation is 1. The Balaban J connectivity index is 2.13. The first-order valence-electron chi connectivity index (χ1n) is 5.55. The molecule has 0 spiro atoms. The van der Waals surface area contributed by atoms with Crippen molar-refractivity contribution in [1.82, 2.24) is 13.7 Å². The van der Waals surface area contributed by atoms with Crippen molar-refractivity contribution in [3.05, 3.63) is 35.0 Å². The maximum absolute atomic E-state index is 6.21. The quantitative estimate of drug-likeness (QED) is 0.757. The highest BCUT2D eigenvalue weighted by molar-refractivity contribution is 7.00. The van der Waals surface area contributed by atoms with E-state index in [2.05, 4.69) is 19.0 Å². The molecule has 0 saturated heterocycles. The summed E-state index contributed by atoms with van der Waals surface area (Å²) in [5.74, 6) is 0.572. The van der Waals surface area contributed by atoms with Crippen molar-refractivity contribution in [3.8, 4) is 0 Å². The van der Waals surface area contributed by atoms with Crippen LogP contribution in [0, 0.1) is 6.92 Å². The number of benzene rings is 1. The van der Waals surface area contributed by atoms with E-state index in [0.29, 0.717) is 22.2 Å². The average molecular weight is 292 g/mol. The van der Waals surface area contributed by atoms with Gasteiger partial charge in [0.05, 0.1) is 28.1 Å². The first-order valence-corrected chi connectivity index (χ1v) is 6.66. The second-order valence-electron chi connectivity index (χ2n) is 4.07. The van der Waals surface area contributed by atoms with Gasteiger partial charge in [0.25, 0.3) is 0 Å². The molecule has 0 unspecified atom stereocenters. The maximum Gasteiger partial charge on any atom is 0.153 e. The minimum absolute atomic E-state index is 0.558. The zero-order chi connectivity index (χ0) is 13.4. The Kier molecular flexibility index (Phi) is 2.96. The fourth-order valence-electron chi connectivity index (χ4n) is 1.73. The lowest BCUT2D eigenvalue weighted by atomic mass is 10.2. The molecule has 0 fully saturated rings. The molecule has 19 heavy (non-hydrogen) atoms. The summed E-state index contributed by atoms with van der Waals surface area (Å²) in [5, 5.41) is 3.70. The molecule has 7 heteroatoms. The number of halogens is 1. The van der Waals surface area contributed by atoms with Gasteiger partial charge >= 0.3 is 0 Å². The highest BCUT2D eigenvalue weighted by atomic mass is 35.5. The van der Waals surface area contributed by atoms with Gasteiger partial charge in [-0.2, -0.15) is 8.75 Å². The van der Waals surface area contributed by atoms with Crippen LogP contribution >= 0.6 is 23.3 Å². The van der Waals surface area contributed by atoms with Crippen LogP contribution < -0.4 is 11.1 Å². The molecule has 0 aliphatic heterocycles. The monoisotopic (exact) mass is 291 g/mol. The van der Waals surface area contributed by atoms with Crippen LogP contribution in [0.2, 0.25) is 5.02 Å². The summed E-state index contributed by atoms with van der Waals surface area (Å²) in [6.07, 6.45) is 1.70. The van der Waals surface area contributed by atoms with Gasteiger partial charge in [0, 0.05) is 6.20 Å². The number of nitrogens with two attached hydrogens (primary N) is 1. The summed E-state index contributed by atoms with van der Waals surface area (Å²) in [6.45, 7) is 1.93. The molecule has 0 saturated carbocycles. The molecular formula is C12H10ClN5S. The number of hydrogen-bond donors (Lipinski definition) is 2. The van der Waals surface area contributed by atoms with Crippen LogP contribution in [0.3, 0.4) is 0 Å². The Bertz CT molecular complexity index is 755. The first kappa shape index (κ1) is 12.1. The number of anilines is 3. The van der Waals surface area contributed by atoms with Crippen LogP contribution in [-0.2, 0) is 0 Å². The Morgan fingerprint density at radius 2 is 2.11 bits per heavy atom. The van der Waals surface area contributed by atoms with Gasteiger partial charge in [-0.25, -0.2) is 4.98 Å². The number of nitrogens with zero attached hydrogens (tertiary/aromatic N) is 3. The van der Waals surface area contributed by atoms with Crippen LogP contribution in [0.15, 0.2) is 24.4 Å². The lowest BCUT2D eigenvalue weighted by Crippen LogP contribution is -2.01. The van der Waals surface area contributed by atoms with E-state index in [9.17, 15) is 0 Å². The second kappa shape index (κ2) is 4.64. The van der Waals surface area contributed by atoms with Gasteiger partial charge in [-0.1, -0.05) is 11.6 Å². The molecule has 3 aromatic rings. The largest absolute Gasteiger partial charge is 0.396 e. The maximum atomic E-state index is 6.21. The Morgan fingerprint density at radius 1 is 1.26 bits per heavy atom. The standard InChI is InChI=1S/C12H10ClN5S/c1-6-4-5-15-12(9(6)14)16-10-7(13)2-3-8-11(10)18-19-17-8/h2-5H,14H2,1H3,(H,15,16). The minimum atomic E-state index is 0.558. The molecule has 0 aliphatic rings. The number of nitrogens with one attached hydrogen (secondary N) is 1. The molecule has 0 bridgehead atoms. The predicted molar refractivity (Wildman–Crippen MR) is 79.1 cm³/mol. The zero-order valence-corrected chi connectivity index (χ0v) is 11.6. The van der Waals surface area contributed by atoms with E-state index in [-0.39, 0.29) is 0 Å². The van der Waals surface area contributed by atoms with Gasteiger partial charge in [0.15, 0.2) is 5.82 Å². The first-order chi connectivity index (χ1) is 9.16. The van der Waals surface area contributed by atoms with Crippen LogP contribution in [0.1, 0.15) is 5.56 Å². The normalized spacial score (nSPS) is 10.8. The van der Waals surface area contributed by atoms with Gasteiger partial charge in [-0.05, 0) is 30.7 Å². The SMILES string of the molecule is Cc1ccnc(Nc2c(Cl)ccc3nsnc23)c1N. The number of hydrogen-bond acceptors (Lipinski definition) is 6. The Morgan fingerprint density at radius 3 is 2.95 bits per heavy atom. The van der Waals surface area contributed by atoms with Crippen molar-refractivity contribution >= 4 is 51.6 Å². The fraction of sp³-hybridized carbons (Fsp3) is 0.0833. The third-order valence-electron chi connectivity index (χ3n) is 2.83. The van der Waals surface area contributed by atoms with Gasteiger partial charge < -0.3 is 11.1 Å². The average Bonchev–Trinajstić information content (AvgIpc) is 2.86. The van der Waals surface area contributed by atoms with Crippen molar-refractivity contribution < 1.29 is 0 Å². The van der Waals surface area contributed by atoms with Crippen molar-refractivity contribution in [2.24, 2.45) is 0 Å². The predicted octanol–water partition coefficient (Wildman–Crippen LogP) is 3.37. The molecule has 2 aromatic heterocycles. The summed E-state index contributed by atoms with van der Waals surface area (Å²) in [4.78, 5) is 4.23. The van der Waals surface area contributed by atoms with Crippen molar-refractivity contribution in [1.29, 1.82) is 0 Å². The second-order valence-corrected chi connectivity index (χ2v) is 5.01. The lowest BCUT2D eigenvalue weighted by molar-refractivity contribution is 1.28. The van der Waals surface area contributed by atoms with Crippen LogP contribution in [0.5, 0.6) is 0 Å². The molecule has 0 aliphatic carbocycles. The van der Waals surface area contributed by atoms with Crippen LogP contribution in [-0.4, -0.2) is 13.7 Å². The topological polar surface area (TPSA) is 76.7 Å². The van der Waals surface area contributed by atoms with Crippen molar-refractivity contribution in [2.45, 2.75) is 6.92 Å². The number of fused-ring (bicyclic) bond motifs is 1. The summed E-state index contributed by atoms with van der Waals surface area (Å²) >= 11 is 7.35. The summed E-state index contributed by atoms with van der Waals surface area (Å²) < 4.78 is 8.43. The highest BCUT2D eigenvalue weighted by Gasteiger charge is 2.12. The molecule has 2 heterocycles. The van der Waals surface area contributed by atoms with Gasteiger partial charge in [0.2, 0.25) is 0 Å². The molecule has 3 rings (SSSR count). The Labute approximate surface area is 118 Å². The smallest absolute Gasteiger partial charge is 0.153 e. The third kappa shape index (κ3) is 2.09. The van der Waals surface area contributed by atoms with E-state index in [1.165, 1.54) is 0 Å². The van der Waals surface area contributed by atoms with E-state index >= 15 is 0 Å². The summed E-state index contributed by atoms with van der Waals surface area (Å²) in [5.41, 5.74) is 9.75. The summed E-state index contributed by atoms with van der Waals surface area (Å²) in [6, 6.07) is 5.46. The van der Waals surface area contributed by atoms with Crippen LogP contribution in [0.25, 0.3) is 11.0 Å². The Hall–Kier alpha value is -1.92. The zero-order valence-electron chi connectivity index (χ0n) is 10.0. The van der Waals surface area contributed by atoms with E-state index in [1.807, 2.05) is 19.1 Å². The molecule has 0 radical (unpaired) electrons. The molecular weight excluding hydrogens is 282 g/mol. The fourth-order valence-corrected chi connectivity index (χ4v) is 2.48. The molecule has 0 atom stereocenters. The number of aromatic nitrogens is 3. The van der Waals surface area contributed by atoms with Crippen molar-refractivity contribution in [3.63, 3.8) is 0 Å². The molecule has 5 nitrogen and oxygen atoms in total. The van der Waals surface area contributed by atoms with E-state index in [4.69, 9.17) is 17.3 Å². The van der Waals surface area contributed by atoms with Crippen molar-refractivity contribution in [2.75, 3.05) is 11.1 Å². The van der Waals surface area contributed by atoms with Gasteiger partial charge in [-0.15, -0.1) is 0 Å². The number of pyridine rings is 1. The number of rotatable bonds is 2. The molecule has 96 valence electrons. The van der Waals surface area contributed by atoms with E-state index < -0.39 is 0 Å².